The van der Waals surface area contributed by atoms with Crippen molar-refractivity contribution in [3.63, 3.8) is 0 Å². The van der Waals surface area contributed by atoms with Crippen LogP contribution in [0.25, 0.3) is 0 Å². The van der Waals surface area contributed by atoms with E-state index in [-0.39, 0.29) is 18.4 Å². The molecular formula is C19H23N3O3. The van der Waals surface area contributed by atoms with Gasteiger partial charge in [-0.2, -0.15) is 0 Å². The topological polar surface area (TPSA) is 70.7 Å². The van der Waals surface area contributed by atoms with Crippen LogP contribution in [0.1, 0.15) is 10.4 Å². The largest absolute Gasteiger partial charge is 0.492 e. The van der Waals surface area contributed by atoms with Gasteiger partial charge in [-0.15, -0.1) is 0 Å². The van der Waals surface area contributed by atoms with Gasteiger partial charge in [-0.25, -0.2) is 0 Å². The minimum absolute atomic E-state index is 0.116. The van der Waals surface area contributed by atoms with Crippen LogP contribution in [0.5, 0.6) is 5.75 Å². The van der Waals surface area contributed by atoms with E-state index in [0.717, 1.165) is 5.75 Å². The lowest BCUT2D eigenvalue weighted by Crippen LogP contribution is -2.33. The molecule has 0 aliphatic carbocycles. The fourth-order valence-electron chi connectivity index (χ4n) is 2.21. The molecule has 0 aliphatic heterocycles. The van der Waals surface area contributed by atoms with Crippen LogP contribution >= 0.6 is 0 Å². The van der Waals surface area contributed by atoms with Gasteiger partial charge in [0, 0.05) is 24.8 Å². The number of likely N-dealkylation sites (N-methyl/N-ethyl adjacent to an activating group) is 1. The van der Waals surface area contributed by atoms with Gasteiger partial charge in [-0.05, 0) is 43.4 Å². The Morgan fingerprint density at radius 2 is 1.72 bits per heavy atom. The maximum absolute atomic E-state index is 12.1. The van der Waals surface area contributed by atoms with Gasteiger partial charge in [0.05, 0.1) is 6.54 Å². The fourth-order valence-corrected chi connectivity index (χ4v) is 2.21. The fraction of sp³-hybridized carbons (Fsp3) is 0.263. The molecule has 0 aromatic heterocycles. The van der Waals surface area contributed by atoms with E-state index in [1.807, 2.05) is 42.3 Å². The number of rotatable bonds is 8. The summed E-state index contributed by atoms with van der Waals surface area (Å²) >= 11 is 0. The molecule has 0 saturated carbocycles. The van der Waals surface area contributed by atoms with Gasteiger partial charge < -0.3 is 15.4 Å². The Morgan fingerprint density at radius 1 is 1.04 bits per heavy atom. The highest BCUT2D eigenvalue weighted by Crippen LogP contribution is 2.10. The van der Waals surface area contributed by atoms with E-state index in [9.17, 15) is 9.59 Å². The van der Waals surface area contributed by atoms with Crippen molar-refractivity contribution in [1.29, 1.82) is 0 Å². The molecule has 0 fully saturated rings. The molecule has 0 radical (unpaired) electrons. The SMILES string of the molecule is CNC(=O)c1ccc(NC(=O)CN(C)CCOc2ccccc2)cc1. The van der Waals surface area contributed by atoms with Crippen LogP contribution in [-0.2, 0) is 4.79 Å². The molecule has 2 aromatic carbocycles. The molecule has 0 saturated heterocycles. The van der Waals surface area contributed by atoms with Crippen molar-refractivity contribution >= 4 is 17.5 Å². The zero-order chi connectivity index (χ0) is 18.1. The third-order valence-electron chi connectivity index (χ3n) is 3.56. The van der Waals surface area contributed by atoms with Crippen molar-refractivity contribution < 1.29 is 14.3 Å². The number of para-hydroxylation sites is 1. The summed E-state index contributed by atoms with van der Waals surface area (Å²) in [6.07, 6.45) is 0. The number of carbonyl (C=O) groups excluding carboxylic acids is 2. The number of anilines is 1. The first-order chi connectivity index (χ1) is 12.1. The van der Waals surface area contributed by atoms with Gasteiger partial charge in [0.15, 0.2) is 0 Å². The Kier molecular flexibility index (Phi) is 6.98. The number of nitrogens with zero attached hydrogens (tertiary/aromatic N) is 1. The predicted octanol–water partition coefficient (Wildman–Crippen LogP) is 2.00. The third-order valence-corrected chi connectivity index (χ3v) is 3.56. The third kappa shape index (κ3) is 6.27. The van der Waals surface area contributed by atoms with Gasteiger partial charge in [-0.1, -0.05) is 18.2 Å². The summed E-state index contributed by atoms with van der Waals surface area (Å²) in [5, 5.41) is 5.37. The number of ether oxygens (including phenoxy) is 1. The van der Waals surface area contributed by atoms with E-state index < -0.39 is 0 Å². The quantitative estimate of drug-likeness (QED) is 0.770. The number of nitrogens with one attached hydrogen (secondary N) is 2. The van der Waals surface area contributed by atoms with E-state index in [0.29, 0.717) is 24.4 Å². The average molecular weight is 341 g/mol. The second-order valence-corrected chi connectivity index (χ2v) is 5.60. The predicted molar refractivity (Wildman–Crippen MR) is 97.9 cm³/mol. The maximum atomic E-state index is 12.1. The van der Waals surface area contributed by atoms with Crippen LogP contribution in [0.15, 0.2) is 54.6 Å². The summed E-state index contributed by atoms with van der Waals surface area (Å²) in [6, 6.07) is 16.3. The average Bonchev–Trinajstić information content (AvgIpc) is 2.62. The number of amides is 2. The summed E-state index contributed by atoms with van der Waals surface area (Å²) in [5.74, 6) is 0.544. The van der Waals surface area contributed by atoms with Gasteiger partial charge in [0.2, 0.25) is 5.91 Å². The van der Waals surface area contributed by atoms with Crippen LogP contribution in [0.4, 0.5) is 5.69 Å². The van der Waals surface area contributed by atoms with Crippen molar-refractivity contribution in [3.8, 4) is 5.75 Å². The number of hydrogen-bond acceptors (Lipinski definition) is 4. The molecule has 25 heavy (non-hydrogen) atoms. The zero-order valence-corrected chi connectivity index (χ0v) is 14.5. The van der Waals surface area contributed by atoms with Gasteiger partial charge in [-0.3, -0.25) is 14.5 Å². The Labute approximate surface area is 147 Å². The molecule has 0 unspecified atom stereocenters. The highest BCUT2D eigenvalue weighted by Gasteiger charge is 2.08. The van der Waals surface area contributed by atoms with Crippen LogP contribution < -0.4 is 15.4 Å². The van der Waals surface area contributed by atoms with Gasteiger partial charge >= 0.3 is 0 Å². The molecule has 2 rings (SSSR count). The Balaban J connectivity index is 1.72. The van der Waals surface area contributed by atoms with E-state index in [1.165, 1.54) is 0 Å². The standard InChI is InChI=1S/C19H23N3O3/c1-20-19(24)15-8-10-16(11-9-15)21-18(23)14-22(2)12-13-25-17-6-4-3-5-7-17/h3-11H,12-14H2,1-2H3,(H,20,24)(H,21,23). The summed E-state index contributed by atoms with van der Waals surface area (Å²) in [6.45, 7) is 1.40. The molecule has 0 spiro atoms. The maximum Gasteiger partial charge on any atom is 0.251 e. The normalized spacial score (nSPS) is 10.4. The van der Waals surface area contributed by atoms with E-state index in [1.54, 1.807) is 31.3 Å². The van der Waals surface area contributed by atoms with Crippen LogP contribution in [-0.4, -0.2) is 50.5 Å². The van der Waals surface area contributed by atoms with Gasteiger partial charge in [0.1, 0.15) is 12.4 Å². The van der Waals surface area contributed by atoms with E-state index in [2.05, 4.69) is 10.6 Å². The molecule has 132 valence electrons. The Morgan fingerprint density at radius 3 is 2.36 bits per heavy atom. The first kappa shape index (κ1) is 18.5. The minimum atomic E-state index is -0.156. The lowest BCUT2D eigenvalue weighted by Gasteiger charge is -2.16. The van der Waals surface area contributed by atoms with Crippen molar-refractivity contribution in [3.05, 3.63) is 60.2 Å². The molecule has 0 heterocycles. The molecule has 2 amide bonds. The lowest BCUT2D eigenvalue weighted by atomic mass is 10.2. The smallest absolute Gasteiger partial charge is 0.251 e. The molecule has 0 aliphatic rings. The van der Waals surface area contributed by atoms with Crippen molar-refractivity contribution in [2.24, 2.45) is 0 Å². The van der Waals surface area contributed by atoms with Crippen LogP contribution in [0, 0.1) is 0 Å². The molecular weight excluding hydrogens is 318 g/mol. The van der Waals surface area contributed by atoms with Gasteiger partial charge in [0.25, 0.3) is 5.91 Å². The second kappa shape index (κ2) is 9.44. The molecule has 6 nitrogen and oxygen atoms in total. The highest BCUT2D eigenvalue weighted by atomic mass is 16.5. The summed E-state index contributed by atoms with van der Waals surface area (Å²) in [7, 11) is 3.44. The van der Waals surface area contributed by atoms with Crippen molar-refractivity contribution in [2.75, 3.05) is 39.1 Å². The second-order valence-electron chi connectivity index (χ2n) is 5.60. The van der Waals surface area contributed by atoms with E-state index in [4.69, 9.17) is 4.74 Å². The molecule has 0 bridgehead atoms. The number of hydrogen-bond donors (Lipinski definition) is 2. The minimum Gasteiger partial charge on any atom is -0.492 e. The van der Waals surface area contributed by atoms with Crippen LogP contribution in [0.2, 0.25) is 0 Å². The number of benzene rings is 2. The first-order valence-corrected chi connectivity index (χ1v) is 8.07. The molecule has 0 atom stereocenters. The molecule has 2 aromatic rings. The molecule has 2 N–H and O–H groups in total. The summed E-state index contributed by atoms with van der Waals surface area (Å²) in [5.41, 5.74) is 1.21. The lowest BCUT2D eigenvalue weighted by molar-refractivity contribution is -0.117. The Hall–Kier alpha value is -2.86. The molecule has 6 heteroatoms. The Bertz CT molecular complexity index is 687. The van der Waals surface area contributed by atoms with E-state index >= 15 is 0 Å². The zero-order valence-electron chi connectivity index (χ0n) is 14.5. The summed E-state index contributed by atoms with van der Waals surface area (Å²) < 4.78 is 5.61. The highest BCUT2D eigenvalue weighted by molar-refractivity contribution is 5.96. The summed E-state index contributed by atoms with van der Waals surface area (Å²) in [4.78, 5) is 25.4. The van der Waals surface area contributed by atoms with Crippen LogP contribution in [0.3, 0.4) is 0 Å². The monoisotopic (exact) mass is 341 g/mol. The number of carbonyl (C=O) groups is 2. The first-order valence-electron chi connectivity index (χ1n) is 8.07. The van der Waals surface area contributed by atoms with Crippen molar-refractivity contribution in [1.82, 2.24) is 10.2 Å². The van der Waals surface area contributed by atoms with Crippen molar-refractivity contribution in [2.45, 2.75) is 0 Å².